The molecule has 0 amide bonds. The van der Waals surface area contributed by atoms with Gasteiger partial charge in [-0.05, 0) is 18.6 Å². The Balaban J connectivity index is 2.45. The van der Waals surface area contributed by atoms with Crippen LogP contribution in [-0.4, -0.2) is 15.3 Å². The van der Waals surface area contributed by atoms with Crippen molar-refractivity contribution in [2.24, 2.45) is 5.41 Å². The smallest absolute Gasteiger partial charge is 0.157 e. The van der Waals surface area contributed by atoms with Gasteiger partial charge in [0, 0.05) is 11.8 Å². The molecule has 0 fully saturated rings. The van der Waals surface area contributed by atoms with E-state index < -0.39 is 0 Å². The number of benzene rings is 1. The molecule has 0 saturated heterocycles. The number of carbonyl (C=O) groups is 1. The number of Topliss-reactive ketones (excluding diaryl/α,β-unsaturated/α-hetero) is 1. The number of hydrogen-bond acceptors (Lipinski definition) is 2. The number of aromatic nitrogens is 2. The normalized spacial score (nSPS) is 12.0. The van der Waals surface area contributed by atoms with Crippen LogP contribution in [0, 0.1) is 5.41 Å². The largest absolute Gasteiger partial charge is 0.320 e. The van der Waals surface area contributed by atoms with Crippen molar-refractivity contribution in [1.82, 2.24) is 9.55 Å². The summed E-state index contributed by atoms with van der Waals surface area (Å²) in [6.07, 6.45) is 1.94. The number of aryl methyl sites for hydroxylation is 1. The molecule has 0 unspecified atom stereocenters. The first-order chi connectivity index (χ1) is 8.93. The molecule has 3 heteroatoms. The molecular weight excluding hydrogens is 236 g/mol. The Labute approximate surface area is 114 Å². The Kier molecular flexibility index (Phi) is 3.74. The second-order valence-electron chi connectivity index (χ2n) is 6.03. The summed E-state index contributed by atoms with van der Waals surface area (Å²) >= 11 is 0. The Bertz CT molecular complexity index is 590. The van der Waals surface area contributed by atoms with Gasteiger partial charge in [0.2, 0.25) is 0 Å². The van der Waals surface area contributed by atoms with Crippen LogP contribution in [0.4, 0.5) is 0 Å². The third-order valence-corrected chi connectivity index (χ3v) is 3.35. The van der Waals surface area contributed by atoms with Gasteiger partial charge in [-0.1, -0.05) is 39.8 Å². The molecule has 0 aliphatic rings. The van der Waals surface area contributed by atoms with E-state index in [-0.39, 0.29) is 11.2 Å². The lowest BCUT2D eigenvalue weighted by atomic mass is 9.91. The van der Waals surface area contributed by atoms with E-state index in [2.05, 4.69) is 16.5 Å². The van der Waals surface area contributed by atoms with Gasteiger partial charge >= 0.3 is 0 Å². The summed E-state index contributed by atoms with van der Waals surface area (Å²) in [4.78, 5) is 16.9. The van der Waals surface area contributed by atoms with Crippen LogP contribution in [0.3, 0.4) is 0 Å². The van der Waals surface area contributed by atoms with Crippen molar-refractivity contribution in [2.45, 2.75) is 47.1 Å². The molecule has 0 aliphatic carbocycles. The first-order valence-electron chi connectivity index (χ1n) is 6.91. The van der Waals surface area contributed by atoms with Gasteiger partial charge in [0.25, 0.3) is 0 Å². The van der Waals surface area contributed by atoms with E-state index in [0.717, 1.165) is 29.7 Å². The Morgan fingerprint density at radius 3 is 2.58 bits per heavy atom. The van der Waals surface area contributed by atoms with E-state index >= 15 is 0 Å². The van der Waals surface area contributed by atoms with Crippen molar-refractivity contribution in [3.8, 4) is 0 Å². The zero-order valence-corrected chi connectivity index (χ0v) is 12.2. The van der Waals surface area contributed by atoms with Crippen LogP contribution in [0.2, 0.25) is 0 Å². The number of fused-ring (bicyclic) bond motifs is 1. The molecule has 0 saturated carbocycles. The van der Waals surface area contributed by atoms with Gasteiger partial charge in [-0.3, -0.25) is 4.79 Å². The summed E-state index contributed by atoms with van der Waals surface area (Å²) in [6.45, 7) is 8.45. The second-order valence-corrected chi connectivity index (χ2v) is 6.03. The minimum Gasteiger partial charge on any atom is -0.320 e. The molecule has 2 aromatic rings. The van der Waals surface area contributed by atoms with Gasteiger partial charge in [0.05, 0.1) is 17.6 Å². The fourth-order valence-electron chi connectivity index (χ4n) is 2.10. The lowest BCUT2D eigenvalue weighted by Crippen LogP contribution is -2.25. The number of carbonyl (C=O) groups excluding carboxylic acids is 1. The number of nitrogens with zero attached hydrogens (tertiary/aromatic N) is 2. The highest BCUT2D eigenvalue weighted by Gasteiger charge is 2.23. The van der Waals surface area contributed by atoms with Gasteiger partial charge in [-0.25, -0.2) is 4.98 Å². The first-order valence-corrected chi connectivity index (χ1v) is 6.91. The molecule has 0 bridgehead atoms. The Hall–Kier alpha value is -1.64. The fraction of sp³-hybridized carbons (Fsp3) is 0.500. The van der Waals surface area contributed by atoms with Crippen molar-refractivity contribution in [3.05, 3.63) is 30.1 Å². The molecule has 0 atom stereocenters. The first kappa shape index (κ1) is 13.8. The number of hydrogen-bond donors (Lipinski definition) is 0. The third-order valence-electron chi connectivity index (χ3n) is 3.35. The minimum absolute atomic E-state index is 0.244. The maximum absolute atomic E-state index is 12.3. The lowest BCUT2D eigenvalue weighted by molar-refractivity contribution is -0.126. The lowest BCUT2D eigenvalue weighted by Gasteiger charge is -2.18. The summed E-state index contributed by atoms with van der Waals surface area (Å²) < 4.78 is 2.08. The van der Waals surface area contributed by atoms with Crippen molar-refractivity contribution >= 4 is 16.8 Å². The predicted octanol–water partition coefficient (Wildman–Crippen LogP) is 3.60. The standard InChI is InChI=1S/C16H22N2O/c1-5-8-15-17-12-9-6-7-10-13(12)18(15)11-14(19)16(2,3)4/h6-7,9-10H,5,8,11H2,1-4H3. The average molecular weight is 258 g/mol. The zero-order valence-electron chi connectivity index (χ0n) is 12.2. The van der Waals surface area contributed by atoms with Crippen molar-refractivity contribution in [3.63, 3.8) is 0 Å². The number of para-hydroxylation sites is 2. The fourth-order valence-corrected chi connectivity index (χ4v) is 2.10. The molecule has 1 aromatic heterocycles. The SMILES string of the molecule is CCCc1nc2ccccc2n1CC(=O)C(C)(C)C. The van der Waals surface area contributed by atoms with Crippen molar-refractivity contribution < 1.29 is 4.79 Å². The minimum atomic E-state index is -0.311. The van der Waals surface area contributed by atoms with Gasteiger partial charge < -0.3 is 4.57 Å². The van der Waals surface area contributed by atoms with Crippen LogP contribution in [-0.2, 0) is 17.8 Å². The highest BCUT2D eigenvalue weighted by molar-refractivity contribution is 5.85. The van der Waals surface area contributed by atoms with Crippen LogP contribution in [0.5, 0.6) is 0 Å². The van der Waals surface area contributed by atoms with Crippen molar-refractivity contribution in [1.29, 1.82) is 0 Å². The second kappa shape index (κ2) is 5.16. The molecule has 3 nitrogen and oxygen atoms in total. The highest BCUT2D eigenvalue weighted by atomic mass is 16.1. The van der Waals surface area contributed by atoms with Crippen LogP contribution in [0.15, 0.2) is 24.3 Å². The quantitative estimate of drug-likeness (QED) is 0.839. The van der Waals surface area contributed by atoms with E-state index in [1.54, 1.807) is 0 Å². The Morgan fingerprint density at radius 2 is 1.95 bits per heavy atom. The van der Waals surface area contributed by atoms with Crippen molar-refractivity contribution in [2.75, 3.05) is 0 Å². The highest BCUT2D eigenvalue weighted by Crippen LogP contribution is 2.21. The van der Waals surface area contributed by atoms with E-state index in [0.29, 0.717) is 6.54 Å². The van der Waals surface area contributed by atoms with E-state index in [1.165, 1.54) is 0 Å². The summed E-state index contributed by atoms with van der Waals surface area (Å²) in [5.74, 6) is 1.26. The van der Waals surface area contributed by atoms with Gasteiger partial charge in [0.1, 0.15) is 5.82 Å². The zero-order chi connectivity index (χ0) is 14.0. The Morgan fingerprint density at radius 1 is 1.26 bits per heavy atom. The molecular formula is C16H22N2O. The van der Waals surface area contributed by atoms with E-state index in [1.807, 2.05) is 45.0 Å². The molecule has 0 aliphatic heterocycles. The van der Waals surface area contributed by atoms with Crippen LogP contribution in [0.1, 0.15) is 39.9 Å². The monoisotopic (exact) mass is 258 g/mol. The summed E-state index contributed by atoms with van der Waals surface area (Å²) in [7, 11) is 0. The topological polar surface area (TPSA) is 34.9 Å². The van der Waals surface area contributed by atoms with Gasteiger partial charge in [0.15, 0.2) is 5.78 Å². The van der Waals surface area contributed by atoms with Crippen LogP contribution < -0.4 is 0 Å². The van der Waals surface area contributed by atoms with E-state index in [9.17, 15) is 4.79 Å². The maximum atomic E-state index is 12.3. The third kappa shape index (κ3) is 2.86. The van der Waals surface area contributed by atoms with Crippen LogP contribution >= 0.6 is 0 Å². The number of ketones is 1. The summed E-state index contributed by atoms with van der Waals surface area (Å²) in [5.41, 5.74) is 1.73. The number of imidazole rings is 1. The van der Waals surface area contributed by atoms with Gasteiger partial charge in [-0.15, -0.1) is 0 Å². The van der Waals surface area contributed by atoms with Gasteiger partial charge in [-0.2, -0.15) is 0 Å². The number of rotatable bonds is 4. The maximum Gasteiger partial charge on any atom is 0.157 e. The van der Waals surface area contributed by atoms with Crippen LogP contribution in [0.25, 0.3) is 11.0 Å². The van der Waals surface area contributed by atoms with E-state index in [4.69, 9.17) is 0 Å². The molecule has 1 aromatic carbocycles. The molecule has 19 heavy (non-hydrogen) atoms. The molecule has 0 N–H and O–H groups in total. The molecule has 102 valence electrons. The molecule has 0 spiro atoms. The molecule has 0 radical (unpaired) electrons. The molecule has 1 heterocycles. The summed E-state index contributed by atoms with van der Waals surface area (Å²) in [6, 6.07) is 8.03. The molecule has 2 rings (SSSR count). The summed E-state index contributed by atoms with van der Waals surface area (Å²) in [5, 5.41) is 0. The average Bonchev–Trinajstić information content (AvgIpc) is 2.67. The predicted molar refractivity (Wildman–Crippen MR) is 78.2 cm³/mol.